The molecule has 0 fully saturated rings. The summed E-state index contributed by atoms with van der Waals surface area (Å²) in [4.78, 5) is 15.6. The Morgan fingerprint density at radius 2 is 0.849 bits per heavy atom. The third-order valence-electron chi connectivity index (χ3n) is 10.5. The van der Waals surface area contributed by atoms with Gasteiger partial charge in [-0.05, 0) is 78.5 Å². The lowest BCUT2D eigenvalue weighted by Crippen LogP contribution is -2.00. The second-order valence-electron chi connectivity index (χ2n) is 13.6. The molecule has 0 radical (unpaired) electrons. The third kappa shape index (κ3) is 4.88. The summed E-state index contributed by atoms with van der Waals surface area (Å²) in [5, 5.41) is 11.5. The van der Waals surface area contributed by atoms with E-state index in [0.717, 1.165) is 49.6 Å². The maximum atomic E-state index is 6.54. The third-order valence-corrected chi connectivity index (χ3v) is 10.5. The molecule has 2 heterocycles. The van der Waals surface area contributed by atoms with Crippen LogP contribution in [0.5, 0.6) is 0 Å². The summed E-state index contributed by atoms with van der Waals surface area (Å²) >= 11 is 0. The quantitative estimate of drug-likeness (QED) is 0.174. The Kier molecular flexibility index (Phi) is 6.52. The normalized spacial score (nSPS) is 11.8. The molecule has 11 rings (SSSR count). The molecule has 0 bridgehead atoms. The van der Waals surface area contributed by atoms with Crippen molar-refractivity contribution < 1.29 is 4.42 Å². The minimum Gasteiger partial charge on any atom is -0.456 e. The molecule has 0 aliphatic heterocycles. The summed E-state index contributed by atoms with van der Waals surface area (Å²) in [5.74, 6) is 1.83. The van der Waals surface area contributed by atoms with E-state index in [9.17, 15) is 0 Å². The lowest BCUT2D eigenvalue weighted by Gasteiger charge is -2.11. The van der Waals surface area contributed by atoms with E-state index >= 15 is 0 Å². The van der Waals surface area contributed by atoms with Gasteiger partial charge in [-0.15, -0.1) is 0 Å². The standard InChI is InChI=1S/C49H29N3O/c1-2-9-30(10-3-1)31-17-23-35(24-18-31)47-50-48(37-26-22-34-20-19-32-11-4-6-13-38(32)41(34)27-37)52-49(51-47)40-15-8-16-44-46(40)43-29-42-36(28-45(43)53-44)25-21-33-12-5-7-14-39(33)42/h1-29H. The van der Waals surface area contributed by atoms with Gasteiger partial charge in [-0.2, -0.15) is 0 Å². The van der Waals surface area contributed by atoms with Crippen LogP contribution in [0.25, 0.3) is 110 Å². The average molecular weight is 676 g/mol. The summed E-state index contributed by atoms with van der Waals surface area (Å²) in [6.07, 6.45) is 0. The minimum absolute atomic E-state index is 0.599. The smallest absolute Gasteiger partial charge is 0.164 e. The van der Waals surface area contributed by atoms with Crippen LogP contribution in [0.2, 0.25) is 0 Å². The first-order chi connectivity index (χ1) is 26.2. The Hall–Kier alpha value is -7.17. The van der Waals surface area contributed by atoms with Gasteiger partial charge >= 0.3 is 0 Å². The molecule has 2 aromatic heterocycles. The average Bonchev–Trinajstić information content (AvgIpc) is 3.60. The fourth-order valence-electron chi connectivity index (χ4n) is 7.85. The van der Waals surface area contributed by atoms with Crippen molar-refractivity contribution in [2.24, 2.45) is 0 Å². The SMILES string of the molecule is c1ccc(-c2ccc(-c3nc(-c4ccc5ccc6ccccc6c5c4)nc(-c4cccc5oc6cc7ccc8ccccc8c7cc6c45)n3)cc2)cc1. The molecule has 0 aliphatic rings. The molecule has 0 spiro atoms. The van der Waals surface area contributed by atoms with Crippen molar-refractivity contribution in [3.8, 4) is 45.3 Å². The van der Waals surface area contributed by atoms with E-state index in [2.05, 4.69) is 158 Å². The highest BCUT2D eigenvalue weighted by atomic mass is 16.3. The Labute approximate surface area is 304 Å². The second kappa shape index (κ2) is 11.7. The fraction of sp³-hybridized carbons (Fsp3) is 0. The number of rotatable bonds is 4. The lowest BCUT2D eigenvalue weighted by atomic mass is 9.98. The van der Waals surface area contributed by atoms with Gasteiger partial charge in [-0.1, -0.05) is 152 Å². The lowest BCUT2D eigenvalue weighted by molar-refractivity contribution is 0.669. The van der Waals surface area contributed by atoms with Gasteiger partial charge in [0.15, 0.2) is 17.5 Å². The molecule has 4 nitrogen and oxygen atoms in total. The highest BCUT2D eigenvalue weighted by Crippen LogP contribution is 2.40. The fourth-order valence-corrected chi connectivity index (χ4v) is 7.85. The first kappa shape index (κ1) is 29.5. The summed E-state index contributed by atoms with van der Waals surface area (Å²) in [7, 11) is 0. The van der Waals surface area contributed by atoms with Crippen LogP contribution in [0, 0.1) is 0 Å². The van der Waals surface area contributed by atoms with Crippen LogP contribution < -0.4 is 0 Å². The van der Waals surface area contributed by atoms with Gasteiger partial charge in [-0.3, -0.25) is 0 Å². The number of fused-ring (bicyclic) bond motifs is 9. The Morgan fingerprint density at radius 1 is 0.302 bits per heavy atom. The predicted octanol–water partition coefficient (Wildman–Crippen LogP) is 13.1. The molecule has 53 heavy (non-hydrogen) atoms. The summed E-state index contributed by atoms with van der Waals surface area (Å²) in [6.45, 7) is 0. The van der Waals surface area contributed by atoms with Gasteiger partial charge in [0, 0.05) is 27.5 Å². The Morgan fingerprint density at radius 3 is 1.60 bits per heavy atom. The van der Waals surface area contributed by atoms with Crippen LogP contribution in [0.3, 0.4) is 0 Å². The molecule has 0 N–H and O–H groups in total. The number of hydrogen-bond acceptors (Lipinski definition) is 4. The first-order valence-corrected chi connectivity index (χ1v) is 17.8. The van der Waals surface area contributed by atoms with Crippen LogP contribution >= 0.6 is 0 Å². The molecular formula is C49H29N3O. The van der Waals surface area contributed by atoms with Crippen molar-refractivity contribution >= 4 is 65.0 Å². The van der Waals surface area contributed by atoms with Crippen molar-refractivity contribution in [3.05, 3.63) is 176 Å². The van der Waals surface area contributed by atoms with Crippen LogP contribution in [-0.2, 0) is 0 Å². The maximum Gasteiger partial charge on any atom is 0.164 e. The Bertz CT molecular complexity index is 3220. The van der Waals surface area contributed by atoms with Gasteiger partial charge in [-0.25, -0.2) is 15.0 Å². The van der Waals surface area contributed by atoms with Crippen molar-refractivity contribution in [1.82, 2.24) is 15.0 Å². The van der Waals surface area contributed by atoms with Gasteiger partial charge in [0.2, 0.25) is 0 Å². The van der Waals surface area contributed by atoms with Crippen molar-refractivity contribution in [3.63, 3.8) is 0 Å². The van der Waals surface area contributed by atoms with E-state index in [1.54, 1.807) is 0 Å². The van der Waals surface area contributed by atoms with Crippen LogP contribution in [0.15, 0.2) is 180 Å². The van der Waals surface area contributed by atoms with Crippen molar-refractivity contribution in [1.29, 1.82) is 0 Å². The molecule has 9 aromatic carbocycles. The molecule has 0 saturated carbocycles. The highest BCUT2D eigenvalue weighted by Gasteiger charge is 2.19. The maximum absolute atomic E-state index is 6.54. The molecule has 0 unspecified atom stereocenters. The zero-order valence-electron chi connectivity index (χ0n) is 28.5. The van der Waals surface area contributed by atoms with E-state index < -0.39 is 0 Å². The van der Waals surface area contributed by atoms with E-state index in [1.807, 2.05) is 18.2 Å². The van der Waals surface area contributed by atoms with E-state index in [1.165, 1.54) is 43.3 Å². The van der Waals surface area contributed by atoms with E-state index in [4.69, 9.17) is 19.4 Å². The molecule has 0 aliphatic carbocycles. The van der Waals surface area contributed by atoms with Crippen molar-refractivity contribution in [2.75, 3.05) is 0 Å². The summed E-state index contributed by atoms with van der Waals surface area (Å²) in [5.41, 5.74) is 6.69. The van der Waals surface area contributed by atoms with Crippen LogP contribution in [0.4, 0.5) is 0 Å². The number of furan rings is 1. The highest BCUT2D eigenvalue weighted by molar-refractivity contribution is 6.19. The Balaban J connectivity index is 1.15. The van der Waals surface area contributed by atoms with Gasteiger partial charge in [0.1, 0.15) is 11.2 Å². The first-order valence-electron chi connectivity index (χ1n) is 17.8. The monoisotopic (exact) mass is 675 g/mol. The van der Waals surface area contributed by atoms with E-state index in [0.29, 0.717) is 17.5 Å². The largest absolute Gasteiger partial charge is 0.456 e. The van der Waals surface area contributed by atoms with Gasteiger partial charge < -0.3 is 4.42 Å². The number of nitrogens with zero attached hydrogens (tertiary/aromatic N) is 3. The number of hydrogen-bond donors (Lipinski definition) is 0. The van der Waals surface area contributed by atoms with Gasteiger partial charge in [0.05, 0.1) is 0 Å². The zero-order valence-corrected chi connectivity index (χ0v) is 28.5. The number of aromatic nitrogens is 3. The van der Waals surface area contributed by atoms with Gasteiger partial charge in [0.25, 0.3) is 0 Å². The molecule has 0 saturated heterocycles. The molecule has 11 aromatic rings. The molecule has 4 heteroatoms. The zero-order chi connectivity index (χ0) is 34.9. The van der Waals surface area contributed by atoms with Crippen molar-refractivity contribution in [2.45, 2.75) is 0 Å². The van der Waals surface area contributed by atoms with E-state index in [-0.39, 0.29) is 0 Å². The van der Waals surface area contributed by atoms with Crippen LogP contribution in [0.1, 0.15) is 0 Å². The summed E-state index contributed by atoms with van der Waals surface area (Å²) in [6, 6.07) is 61.7. The second-order valence-corrected chi connectivity index (χ2v) is 13.6. The summed E-state index contributed by atoms with van der Waals surface area (Å²) < 4.78 is 6.54. The number of benzene rings is 9. The van der Waals surface area contributed by atoms with Crippen LogP contribution in [-0.4, -0.2) is 15.0 Å². The molecule has 0 amide bonds. The molecule has 246 valence electrons. The minimum atomic E-state index is 0.599. The molecule has 0 atom stereocenters. The molecular weight excluding hydrogens is 647 g/mol. The predicted molar refractivity (Wildman–Crippen MR) is 219 cm³/mol. The topological polar surface area (TPSA) is 51.8 Å².